The lowest BCUT2D eigenvalue weighted by Gasteiger charge is -2.08. The molecule has 0 saturated carbocycles. The predicted octanol–water partition coefficient (Wildman–Crippen LogP) is 1.74. The van der Waals surface area contributed by atoms with Crippen LogP contribution in [0.3, 0.4) is 0 Å². The highest BCUT2D eigenvalue weighted by Crippen LogP contribution is 2.19. The van der Waals surface area contributed by atoms with E-state index in [9.17, 15) is 4.79 Å². The van der Waals surface area contributed by atoms with Gasteiger partial charge in [-0.05, 0) is 30.8 Å². The number of carbonyl (C=O) groups is 1. The van der Waals surface area contributed by atoms with E-state index in [1.165, 1.54) is 6.08 Å². The van der Waals surface area contributed by atoms with Crippen LogP contribution in [0.25, 0.3) is 6.08 Å². The minimum Gasteiger partial charge on any atom is -0.493 e. The number of para-hydroxylation sites is 1. The molecular formula is C14H19N3O2S. The lowest BCUT2D eigenvalue weighted by molar-refractivity contribution is -0.116. The second kappa shape index (κ2) is 8.92. The number of unbranched alkanes of at least 4 members (excludes halogenated alkanes) is 1. The molecule has 1 amide bonds. The van der Waals surface area contributed by atoms with Gasteiger partial charge in [-0.25, -0.2) is 0 Å². The molecule has 0 aliphatic heterocycles. The van der Waals surface area contributed by atoms with E-state index in [0.29, 0.717) is 6.61 Å². The summed E-state index contributed by atoms with van der Waals surface area (Å²) in [5, 5.41) is 0.00930. The number of hydrogen-bond donors (Lipinski definition) is 3. The van der Waals surface area contributed by atoms with Crippen LogP contribution in [0.1, 0.15) is 25.3 Å². The van der Waals surface area contributed by atoms with Gasteiger partial charge in [0.25, 0.3) is 5.91 Å². The molecule has 108 valence electrons. The average molecular weight is 293 g/mol. The van der Waals surface area contributed by atoms with Gasteiger partial charge in [-0.1, -0.05) is 31.5 Å². The molecule has 20 heavy (non-hydrogen) atoms. The first-order valence-electron chi connectivity index (χ1n) is 6.38. The summed E-state index contributed by atoms with van der Waals surface area (Å²) in [6.45, 7) is 2.77. The number of hydrogen-bond acceptors (Lipinski definition) is 3. The Kier molecular flexibility index (Phi) is 7.13. The van der Waals surface area contributed by atoms with Crippen molar-refractivity contribution in [2.75, 3.05) is 6.61 Å². The zero-order chi connectivity index (χ0) is 14.8. The molecule has 1 aromatic rings. The number of nitrogens with two attached hydrogens (primary N) is 1. The SMILES string of the molecule is CCCCOc1ccccc1/C=C/C(=O)NNC(N)=S. The van der Waals surface area contributed by atoms with Gasteiger partial charge >= 0.3 is 0 Å². The standard InChI is InChI=1S/C14H19N3O2S/c1-2-3-10-19-12-7-5-4-6-11(12)8-9-13(18)16-17-14(15)20/h4-9H,2-3,10H2,1H3,(H,16,18)(H3,15,17,20)/b9-8+. The normalized spacial score (nSPS) is 10.2. The molecule has 0 radical (unpaired) electrons. The summed E-state index contributed by atoms with van der Waals surface area (Å²) >= 11 is 4.58. The monoisotopic (exact) mass is 293 g/mol. The molecule has 0 aromatic heterocycles. The smallest absolute Gasteiger partial charge is 0.262 e. The number of benzene rings is 1. The van der Waals surface area contributed by atoms with E-state index in [1.807, 2.05) is 24.3 Å². The number of nitrogens with one attached hydrogen (secondary N) is 2. The van der Waals surface area contributed by atoms with Crippen LogP contribution in [0, 0.1) is 0 Å². The first-order chi connectivity index (χ1) is 9.63. The molecular weight excluding hydrogens is 274 g/mol. The minimum absolute atomic E-state index is 0.00930. The fourth-order valence-corrected chi connectivity index (χ4v) is 1.46. The third kappa shape index (κ3) is 6.19. The van der Waals surface area contributed by atoms with Crippen LogP contribution >= 0.6 is 12.2 Å². The Balaban J connectivity index is 2.61. The van der Waals surface area contributed by atoms with Crippen molar-refractivity contribution < 1.29 is 9.53 Å². The van der Waals surface area contributed by atoms with Gasteiger partial charge in [-0.15, -0.1) is 0 Å². The van der Waals surface area contributed by atoms with E-state index in [0.717, 1.165) is 24.2 Å². The average Bonchev–Trinajstić information content (AvgIpc) is 2.44. The zero-order valence-electron chi connectivity index (χ0n) is 11.4. The Morgan fingerprint density at radius 3 is 2.85 bits per heavy atom. The second-order valence-electron chi connectivity index (χ2n) is 4.05. The van der Waals surface area contributed by atoms with Gasteiger partial charge in [0.05, 0.1) is 6.61 Å². The quantitative estimate of drug-likeness (QED) is 0.322. The third-order valence-corrected chi connectivity index (χ3v) is 2.50. The van der Waals surface area contributed by atoms with Gasteiger partial charge in [0.2, 0.25) is 0 Å². The maximum atomic E-state index is 11.5. The number of rotatable bonds is 6. The van der Waals surface area contributed by atoms with Crippen molar-refractivity contribution in [3.63, 3.8) is 0 Å². The van der Waals surface area contributed by atoms with Crippen molar-refractivity contribution in [2.24, 2.45) is 5.73 Å². The molecule has 0 unspecified atom stereocenters. The molecule has 5 nitrogen and oxygen atoms in total. The van der Waals surface area contributed by atoms with E-state index in [1.54, 1.807) is 6.08 Å². The first kappa shape index (κ1) is 16.0. The van der Waals surface area contributed by atoms with Crippen LogP contribution in [-0.2, 0) is 4.79 Å². The molecule has 0 bridgehead atoms. The van der Waals surface area contributed by atoms with Crippen molar-refractivity contribution in [1.29, 1.82) is 0 Å². The van der Waals surface area contributed by atoms with Gasteiger partial charge in [0.15, 0.2) is 5.11 Å². The lowest BCUT2D eigenvalue weighted by Crippen LogP contribution is -2.43. The summed E-state index contributed by atoms with van der Waals surface area (Å²) in [4.78, 5) is 11.5. The molecule has 0 saturated heterocycles. The summed E-state index contributed by atoms with van der Waals surface area (Å²) in [6, 6.07) is 7.54. The number of hydrazine groups is 1. The van der Waals surface area contributed by atoms with E-state index in [2.05, 4.69) is 30.0 Å². The van der Waals surface area contributed by atoms with Gasteiger partial charge in [-0.3, -0.25) is 15.6 Å². The van der Waals surface area contributed by atoms with E-state index < -0.39 is 0 Å². The lowest BCUT2D eigenvalue weighted by atomic mass is 10.2. The molecule has 1 aromatic carbocycles. The molecule has 1 rings (SSSR count). The van der Waals surface area contributed by atoms with Gasteiger partial charge in [-0.2, -0.15) is 0 Å². The Labute approximate surface area is 124 Å². The highest BCUT2D eigenvalue weighted by atomic mass is 32.1. The molecule has 0 aliphatic carbocycles. The Bertz CT molecular complexity index is 489. The molecule has 0 fully saturated rings. The highest BCUT2D eigenvalue weighted by molar-refractivity contribution is 7.80. The summed E-state index contributed by atoms with van der Waals surface area (Å²) < 4.78 is 5.67. The van der Waals surface area contributed by atoms with Crippen molar-refractivity contribution in [3.05, 3.63) is 35.9 Å². The maximum Gasteiger partial charge on any atom is 0.262 e. The van der Waals surface area contributed by atoms with Crippen molar-refractivity contribution >= 4 is 29.3 Å². The van der Waals surface area contributed by atoms with Crippen LogP contribution in [0.5, 0.6) is 5.75 Å². The molecule has 0 aliphatic rings. The van der Waals surface area contributed by atoms with Gasteiger partial charge in [0, 0.05) is 11.6 Å². The zero-order valence-corrected chi connectivity index (χ0v) is 12.2. The molecule has 4 N–H and O–H groups in total. The van der Waals surface area contributed by atoms with Gasteiger partial charge < -0.3 is 10.5 Å². The van der Waals surface area contributed by atoms with Crippen molar-refractivity contribution in [3.8, 4) is 5.75 Å². The van der Waals surface area contributed by atoms with Crippen molar-refractivity contribution in [1.82, 2.24) is 10.9 Å². The van der Waals surface area contributed by atoms with Crippen LogP contribution < -0.4 is 21.3 Å². The Hall–Kier alpha value is -2.08. The molecule has 6 heteroatoms. The summed E-state index contributed by atoms with van der Waals surface area (Å²) in [5.41, 5.74) is 10.7. The number of carbonyl (C=O) groups excluding carboxylic acids is 1. The topological polar surface area (TPSA) is 76.4 Å². The van der Waals surface area contributed by atoms with Crippen LogP contribution in [-0.4, -0.2) is 17.6 Å². The highest BCUT2D eigenvalue weighted by Gasteiger charge is 2.00. The fraction of sp³-hybridized carbons (Fsp3) is 0.286. The van der Waals surface area contributed by atoms with Crippen LogP contribution in [0.4, 0.5) is 0 Å². The molecule has 0 spiro atoms. The minimum atomic E-state index is -0.346. The molecule has 0 atom stereocenters. The summed E-state index contributed by atoms with van der Waals surface area (Å²) in [5.74, 6) is 0.411. The van der Waals surface area contributed by atoms with Crippen molar-refractivity contribution in [2.45, 2.75) is 19.8 Å². The third-order valence-electron chi connectivity index (χ3n) is 2.40. The predicted molar refractivity (Wildman–Crippen MR) is 83.9 cm³/mol. The maximum absolute atomic E-state index is 11.5. The fourth-order valence-electron chi connectivity index (χ4n) is 1.41. The van der Waals surface area contributed by atoms with E-state index in [-0.39, 0.29) is 11.0 Å². The largest absolute Gasteiger partial charge is 0.493 e. The van der Waals surface area contributed by atoms with E-state index >= 15 is 0 Å². The Morgan fingerprint density at radius 2 is 2.15 bits per heavy atom. The van der Waals surface area contributed by atoms with E-state index in [4.69, 9.17) is 10.5 Å². The van der Waals surface area contributed by atoms with Crippen LogP contribution in [0.15, 0.2) is 30.3 Å². The van der Waals surface area contributed by atoms with Crippen LogP contribution in [0.2, 0.25) is 0 Å². The van der Waals surface area contributed by atoms with Gasteiger partial charge in [0.1, 0.15) is 5.75 Å². The first-order valence-corrected chi connectivity index (χ1v) is 6.79. The summed E-state index contributed by atoms with van der Waals surface area (Å²) in [6.07, 6.45) is 5.13. The number of thiocarbonyl (C=S) groups is 1. The number of ether oxygens (including phenoxy) is 1. The molecule has 0 heterocycles. The second-order valence-corrected chi connectivity index (χ2v) is 4.49. The Morgan fingerprint density at radius 1 is 1.40 bits per heavy atom. The number of amides is 1. The summed E-state index contributed by atoms with van der Waals surface area (Å²) in [7, 11) is 0.